The highest BCUT2D eigenvalue weighted by molar-refractivity contribution is 6.00. The van der Waals surface area contributed by atoms with E-state index in [-0.39, 0.29) is 5.70 Å². The van der Waals surface area contributed by atoms with Crippen LogP contribution in [0.25, 0.3) is 0 Å². The first-order valence-electron chi connectivity index (χ1n) is 9.25. The van der Waals surface area contributed by atoms with Gasteiger partial charge >= 0.3 is 18.1 Å². The zero-order chi connectivity index (χ0) is 24.4. The van der Waals surface area contributed by atoms with Gasteiger partial charge in [-0.2, -0.15) is 13.2 Å². The summed E-state index contributed by atoms with van der Waals surface area (Å²) in [4.78, 5) is 35.5. The van der Waals surface area contributed by atoms with Crippen molar-refractivity contribution in [1.29, 1.82) is 0 Å². The first-order valence-corrected chi connectivity index (χ1v) is 9.25. The molecule has 1 unspecified atom stereocenters. The predicted molar refractivity (Wildman–Crippen MR) is 103 cm³/mol. The van der Waals surface area contributed by atoms with Gasteiger partial charge in [0.15, 0.2) is 0 Å². The molecule has 8 nitrogen and oxygen atoms in total. The van der Waals surface area contributed by atoms with E-state index in [0.717, 1.165) is 19.2 Å². The number of rotatable bonds is 6. The van der Waals surface area contributed by atoms with Gasteiger partial charge in [-0.25, -0.2) is 14.0 Å². The molecule has 0 saturated carbocycles. The predicted octanol–water partition coefficient (Wildman–Crippen LogP) is 3.92. The van der Waals surface area contributed by atoms with E-state index in [4.69, 9.17) is 4.74 Å². The van der Waals surface area contributed by atoms with Gasteiger partial charge in [-0.3, -0.25) is 10.1 Å². The lowest BCUT2D eigenvalue weighted by Crippen LogP contribution is -2.35. The standard InChI is InChI=1S/C20H20F4N2O6/c1-9(2)32-19(28)14-10(3)25-12(8-21)16(18(27)31-4)15(14)11-6-5-7-13(26(29)30)17(11)20(22,23)24/h5-7,9,15,25H,8H2,1-4H3. The maximum Gasteiger partial charge on any atom is 0.423 e. The van der Waals surface area contributed by atoms with Gasteiger partial charge in [-0.05, 0) is 26.3 Å². The van der Waals surface area contributed by atoms with Gasteiger partial charge in [0.25, 0.3) is 5.69 Å². The van der Waals surface area contributed by atoms with E-state index >= 15 is 0 Å². The van der Waals surface area contributed by atoms with E-state index in [1.165, 1.54) is 20.8 Å². The van der Waals surface area contributed by atoms with Gasteiger partial charge in [0.1, 0.15) is 12.2 Å². The molecule has 1 aromatic rings. The number of methoxy groups -OCH3 is 1. The smallest absolute Gasteiger partial charge is 0.423 e. The molecule has 0 spiro atoms. The molecular weight excluding hydrogens is 440 g/mol. The van der Waals surface area contributed by atoms with Gasteiger partial charge < -0.3 is 14.8 Å². The highest BCUT2D eigenvalue weighted by Crippen LogP contribution is 2.47. The first kappa shape index (κ1) is 24.8. The van der Waals surface area contributed by atoms with Crippen LogP contribution in [0.4, 0.5) is 23.2 Å². The number of nitrogens with zero attached hydrogens (tertiary/aromatic N) is 1. The number of dihydropyridines is 1. The molecule has 174 valence electrons. The molecule has 0 fully saturated rings. The fourth-order valence-corrected chi connectivity index (χ4v) is 3.47. The van der Waals surface area contributed by atoms with Crippen molar-refractivity contribution >= 4 is 17.6 Å². The molecule has 1 atom stereocenters. The zero-order valence-electron chi connectivity index (χ0n) is 17.5. The van der Waals surface area contributed by atoms with E-state index in [9.17, 15) is 37.3 Å². The van der Waals surface area contributed by atoms with Crippen LogP contribution in [0.5, 0.6) is 0 Å². The molecule has 2 rings (SSSR count). The number of hydrogen-bond donors (Lipinski definition) is 1. The van der Waals surface area contributed by atoms with Crippen molar-refractivity contribution in [2.24, 2.45) is 0 Å². The average Bonchev–Trinajstić information content (AvgIpc) is 2.70. The molecule has 1 aliphatic rings. The number of carbonyl (C=O) groups is 2. The third kappa shape index (κ3) is 4.73. The largest absolute Gasteiger partial charge is 0.466 e. The summed E-state index contributed by atoms with van der Waals surface area (Å²) in [7, 11) is 0.928. The van der Waals surface area contributed by atoms with Gasteiger partial charge in [-0.15, -0.1) is 0 Å². The second kappa shape index (κ2) is 9.37. The molecule has 1 heterocycles. The van der Waals surface area contributed by atoms with Gasteiger partial charge in [0.05, 0.1) is 40.9 Å². The summed E-state index contributed by atoms with van der Waals surface area (Å²) in [6.45, 7) is 2.98. The Morgan fingerprint density at radius 3 is 2.31 bits per heavy atom. The Labute approximate surface area is 180 Å². The van der Waals surface area contributed by atoms with Crippen LogP contribution < -0.4 is 5.32 Å². The molecule has 0 radical (unpaired) electrons. The molecule has 0 amide bonds. The Morgan fingerprint density at radius 2 is 1.84 bits per heavy atom. The number of halogens is 4. The second-order valence-electron chi connectivity index (χ2n) is 7.06. The fourth-order valence-electron chi connectivity index (χ4n) is 3.47. The number of alkyl halides is 4. The van der Waals surface area contributed by atoms with E-state index in [0.29, 0.717) is 6.07 Å². The molecule has 0 saturated heterocycles. The molecule has 0 aromatic heterocycles. The third-order valence-electron chi connectivity index (χ3n) is 4.61. The molecule has 1 aliphatic heterocycles. The molecular formula is C20H20F4N2O6. The normalized spacial score (nSPS) is 16.7. The molecule has 1 N–H and O–H groups in total. The number of carbonyl (C=O) groups excluding carboxylic acids is 2. The highest BCUT2D eigenvalue weighted by atomic mass is 19.4. The van der Waals surface area contributed by atoms with Crippen molar-refractivity contribution in [3.8, 4) is 0 Å². The van der Waals surface area contributed by atoms with Crippen LogP contribution in [-0.2, 0) is 25.2 Å². The fraction of sp³-hybridized carbons (Fsp3) is 0.400. The molecule has 0 bridgehead atoms. The Hall–Kier alpha value is -3.44. The number of allylic oxidation sites excluding steroid dienone is 2. The number of nitro groups is 1. The van der Waals surface area contributed by atoms with E-state index in [2.05, 4.69) is 10.1 Å². The summed E-state index contributed by atoms with van der Waals surface area (Å²) in [5.41, 5.74) is -5.28. The number of benzene rings is 1. The molecule has 12 heteroatoms. The van der Waals surface area contributed by atoms with Gasteiger partial charge in [0.2, 0.25) is 0 Å². The number of nitro benzene ring substituents is 1. The van der Waals surface area contributed by atoms with Crippen molar-refractivity contribution in [1.82, 2.24) is 5.32 Å². The quantitative estimate of drug-likeness (QED) is 0.297. The molecule has 32 heavy (non-hydrogen) atoms. The van der Waals surface area contributed by atoms with Crippen molar-refractivity contribution in [3.63, 3.8) is 0 Å². The Bertz CT molecular complexity index is 1010. The van der Waals surface area contributed by atoms with Crippen molar-refractivity contribution in [2.45, 2.75) is 39.0 Å². The second-order valence-corrected chi connectivity index (χ2v) is 7.06. The summed E-state index contributed by atoms with van der Waals surface area (Å²) in [6, 6.07) is 2.52. The maximum atomic E-state index is 14.0. The number of nitrogens with one attached hydrogen (secondary N) is 1. The van der Waals surface area contributed by atoms with Crippen molar-refractivity contribution < 1.29 is 41.5 Å². The van der Waals surface area contributed by atoms with E-state index in [1.54, 1.807) is 0 Å². The Balaban J connectivity index is 2.98. The summed E-state index contributed by atoms with van der Waals surface area (Å²) in [6.07, 6.45) is -5.91. The highest BCUT2D eigenvalue weighted by Gasteiger charge is 2.47. The first-order chi connectivity index (χ1) is 14.8. The van der Waals surface area contributed by atoms with Gasteiger partial charge in [0, 0.05) is 11.8 Å². The molecule has 0 aliphatic carbocycles. The Morgan fingerprint density at radius 1 is 1.22 bits per heavy atom. The zero-order valence-corrected chi connectivity index (χ0v) is 17.5. The monoisotopic (exact) mass is 460 g/mol. The van der Waals surface area contributed by atoms with Crippen LogP contribution in [0.3, 0.4) is 0 Å². The van der Waals surface area contributed by atoms with Crippen LogP contribution in [-0.4, -0.2) is 36.8 Å². The Kier molecular flexibility index (Phi) is 7.27. The lowest BCUT2D eigenvalue weighted by atomic mass is 9.78. The summed E-state index contributed by atoms with van der Waals surface area (Å²) >= 11 is 0. The molecule has 1 aromatic carbocycles. The maximum absolute atomic E-state index is 14.0. The minimum Gasteiger partial charge on any atom is -0.466 e. The van der Waals surface area contributed by atoms with Crippen LogP contribution >= 0.6 is 0 Å². The van der Waals surface area contributed by atoms with Crippen molar-refractivity contribution in [3.05, 3.63) is 62.0 Å². The summed E-state index contributed by atoms with van der Waals surface area (Å²) < 4.78 is 65.5. The minimum absolute atomic E-state index is 0.0689. The van der Waals surface area contributed by atoms with Crippen LogP contribution in [0.2, 0.25) is 0 Å². The van der Waals surface area contributed by atoms with Crippen LogP contribution in [0.15, 0.2) is 40.7 Å². The topological polar surface area (TPSA) is 108 Å². The number of ether oxygens (including phenoxy) is 2. The average molecular weight is 460 g/mol. The van der Waals surface area contributed by atoms with Crippen molar-refractivity contribution in [2.75, 3.05) is 13.8 Å². The van der Waals surface area contributed by atoms with Gasteiger partial charge in [-0.1, -0.05) is 12.1 Å². The SMILES string of the molecule is COC(=O)C1=C(CF)NC(C)=C(C(=O)OC(C)C)C1c1cccc([N+](=O)[O-])c1C(F)(F)F. The number of esters is 2. The van der Waals surface area contributed by atoms with E-state index in [1.807, 2.05) is 0 Å². The lowest BCUT2D eigenvalue weighted by Gasteiger charge is -2.32. The minimum atomic E-state index is -5.23. The summed E-state index contributed by atoms with van der Waals surface area (Å²) in [5, 5.41) is 13.8. The van der Waals surface area contributed by atoms with E-state index < -0.39 is 75.4 Å². The third-order valence-corrected chi connectivity index (χ3v) is 4.61. The number of hydrogen-bond acceptors (Lipinski definition) is 7. The summed E-state index contributed by atoms with van der Waals surface area (Å²) in [5.74, 6) is -4.12. The lowest BCUT2D eigenvalue weighted by molar-refractivity contribution is -0.388. The van der Waals surface area contributed by atoms with Crippen LogP contribution in [0, 0.1) is 10.1 Å². The van der Waals surface area contributed by atoms with Crippen LogP contribution in [0.1, 0.15) is 37.8 Å².